The number of fused-ring (bicyclic) bond motifs is 9. The Morgan fingerprint density at radius 3 is 2.24 bits per heavy atom. The molecular weight excluding hydrogens is 348 g/mol. The van der Waals surface area contributed by atoms with Crippen LogP contribution in [0.2, 0.25) is 0 Å². The van der Waals surface area contributed by atoms with Crippen molar-refractivity contribution in [3.05, 3.63) is 36.5 Å². The summed E-state index contributed by atoms with van der Waals surface area (Å²) in [5.74, 6) is 6.79. The molecule has 4 saturated carbocycles. The predicted octanol–water partition coefficient (Wildman–Crippen LogP) is 8.61. The second kappa shape index (κ2) is 7.42. The summed E-state index contributed by atoms with van der Waals surface area (Å²) in [6.45, 7) is 25.1. The second-order valence-electron chi connectivity index (χ2n) is 12.9. The highest BCUT2D eigenvalue weighted by atomic mass is 14.7. The van der Waals surface area contributed by atoms with Crippen molar-refractivity contribution in [1.29, 1.82) is 0 Å². The van der Waals surface area contributed by atoms with E-state index in [1.165, 1.54) is 68.9 Å². The van der Waals surface area contributed by atoms with Crippen molar-refractivity contribution in [2.45, 2.75) is 92.4 Å². The van der Waals surface area contributed by atoms with E-state index in [-0.39, 0.29) is 0 Å². The van der Waals surface area contributed by atoms with E-state index in [1.807, 2.05) is 0 Å². The zero-order chi connectivity index (χ0) is 21.1. The first-order valence-electron chi connectivity index (χ1n) is 12.5. The Bertz CT molecular complexity index is 693. The van der Waals surface area contributed by atoms with Crippen LogP contribution in [-0.2, 0) is 0 Å². The summed E-state index contributed by atoms with van der Waals surface area (Å²) < 4.78 is 0. The van der Waals surface area contributed by atoms with Gasteiger partial charge in [-0.1, -0.05) is 70.6 Å². The van der Waals surface area contributed by atoms with Gasteiger partial charge in [0.05, 0.1) is 0 Å². The molecular formula is C29H46. The maximum Gasteiger partial charge on any atom is -0.0172 e. The Kier molecular flexibility index (Phi) is 5.49. The van der Waals surface area contributed by atoms with E-state index in [1.54, 1.807) is 5.57 Å². The highest BCUT2D eigenvalue weighted by molar-refractivity contribution is 5.25. The lowest BCUT2D eigenvalue weighted by atomic mass is 9.65. The zero-order valence-electron chi connectivity index (χ0n) is 20.0. The first kappa shape index (κ1) is 21.5. The lowest BCUT2D eigenvalue weighted by Gasteiger charge is -2.40. The van der Waals surface area contributed by atoms with Crippen molar-refractivity contribution in [2.24, 2.45) is 52.3 Å². The average Bonchev–Trinajstić information content (AvgIpc) is 3.25. The molecule has 4 bridgehead atoms. The largest absolute Gasteiger partial charge is 0.0996 e. The van der Waals surface area contributed by atoms with E-state index < -0.39 is 0 Å². The van der Waals surface area contributed by atoms with Gasteiger partial charge >= 0.3 is 0 Å². The SMILES string of the molecule is C=C(C)C(=C)CC1(C)CC2CC(C1)C1C3CC(CC3C(=C)CC(C)(C)CCC)C21. The van der Waals surface area contributed by atoms with Crippen LogP contribution in [-0.4, -0.2) is 0 Å². The molecule has 4 fully saturated rings. The molecule has 0 aromatic heterocycles. The molecule has 8 atom stereocenters. The second-order valence-corrected chi connectivity index (χ2v) is 12.9. The third kappa shape index (κ3) is 3.83. The summed E-state index contributed by atoms with van der Waals surface area (Å²) in [6.07, 6.45) is 12.4. The standard InChI is InChI=1S/C29H46/c1-9-10-28(6,7)14-20(5)24-12-21-13-25(24)27-23-11-22(26(21)27)16-29(8,17-23)15-19(4)18(2)3/h21-27H,2,4-5,9-17H2,1,3,6-8H3. The van der Waals surface area contributed by atoms with Gasteiger partial charge in [0.1, 0.15) is 0 Å². The van der Waals surface area contributed by atoms with Crippen molar-refractivity contribution < 1.29 is 0 Å². The molecule has 0 aliphatic heterocycles. The molecule has 4 aliphatic carbocycles. The van der Waals surface area contributed by atoms with E-state index in [2.05, 4.69) is 54.4 Å². The van der Waals surface area contributed by atoms with Crippen molar-refractivity contribution in [3.8, 4) is 0 Å². The summed E-state index contributed by atoms with van der Waals surface area (Å²) in [6, 6.07) is 0. The number of hydrogen-bond acceptors (Lipinski definition) is 0. The third-order valence-corrected chi connectivity index (χ3v) is 9.74. The van der Waals surface area contributed by atoms with Crippen LogP contribution in [0, 0.1) is 52.3 Å². The molecule has 0 nitrogen and oxygen atoms in total. The fourth-order valence-corrected chi connectivity index (χ4v) is 9.10. The van der Waals surface area contributed by atoms with Gasteiger partial charge in [-0.3, -0.25) is 0 Å². The fraction of sp³-hybridized carbons (Fsp3) is 0.793. The van der Waals surface area contributed by atoms with Crippen molar-refractivity contribution in [2.75, 3.05) is 0 Å². The van der Waals surface area contributed by atoms with E-state index in [4.69, 9.17) is 0 Å². The predicted molar refractivity (Wildman–Crippen MR) is 127 cm³/mol. The molecule has 0 aromatic carbocycles. The quantitative estimate of drug-likeness (QED) is 0.219. The average molecular weight is 395 g/mol. The highest BCUT2D eigenvalue weighted by Crippen LogP contribution is 2.71. The monoisotopic (exact) mass is 394 g/mol. The molecule has 0 heteroatoms. The Balaban J connectivity index is 1.47. The number of allylic oxidation sites excluding steroid dienone is 3. The molecule has 0 radical (unpaired) electrons. The van der Waals surface area contributed by atoms with Crippen LogP contribution in [0.1, 0.15) is 92.4 Å². The maximum absolute atomic E-state index is 4.69. The van der Waals surface area contributed by atoms with Gasteiger partial charge < -0.3 is 0 Å². The lowest BCUT2D eigenvalue weighted by molar-refractivity contribution is 0.125. The van der Waals surface area contributed by atoms with Gasteiger partial charge in [-0.15, -0.1) is 0 Å². The number of hydrogen-bond donors (Lipinski definition) is 0. The molecule has 0 amide bonds. The zero-order valence-corrected chi connectivity index (χ0v) is 20.0. The minimum Gasteiger partial charge on any atom is -0.0996 e. The first-order valence-corrected chi connectivity index (χ1v) is 12.5. The Hall–Kier alpha value is -0.780. The van der Waals surface area contributed by atoms with Crippen LogP contribution in [0.5, 0.6) is 0 Å². The van der Waals surface area contributed by atoms with E-state index in [0.29, 0.717) is 10.8 Å². The highest BCUT2D eigenvalue weighted by Gasteiger charge is 2.63. The molecule has 0 heterocycles. The van der Waals surface area contributed by atoms with Gasteiger partial charge in [0, 0.05) is 0 Å². The molecule has 0 saturated heterocycles. The van der Waals surface area contributed by atoms with Crippen LogP contribution in [0.25, 0.3) is 0 Å². The van der Waals surface area contributed by atoms with E-state index in [0.717, 1.165) is 41.4 Å². The molecule has 0 N–H and O–H groups in total. The van der Waals surface area contributed by atoms with Crippen LogP contribution < -0.4 is 0 Å². The van der Waals surface area contributed by atoms with Gasteiger partial charge in [-0.05, 0) is 111 Å². The van der Waals surface area contributed by atoms with Crippen LogP contribution in [0.15, 0.2) is 36.5 Å². The first-order chi connectivity index (χ1) is 13.5. The summed E-state index contributed by atoms with van der Waals surface area (Å²) in [5.41, 5.74) is 4.99. The molecule has 0 spiro atoms. The minimum atomic E-state index is 0.431. The maximum atomic E-state index is 4.69. The smallest absolute Gasteiger partial charge is 0.0172 e. The number of rotatable bonds is 8. The van der Waals surface area contributed by atoms with Gasteiger partial charge in [0.15, 0.2) is 0 Å². The topological polar surface area (TPSA) is 0 Å². The van der Waals surface area contributed by atoms with E-state index >= 15 is 0 Å². The van der Waals surface area contributed by atoms with E-state index in [9.17, 15) is 0 Å². The Labute approximate surface area is 181 Å². The molecule has 4 aliphatic rings. The van der Waals surface area contributed by atoms with Crippen LogP contribution >= 0.6 is 0 Å². The Morgan fingerprint density at radius 2 is 1.62 bits per heavy atom. The molecule has 162 valence electrons. The van der Waals surface area contributed by atoms with Gasteiger partial charge in [0.2, 0.25) is 0 Å². The minimum absolute atomic E-state index is 0.431. The van der Waals surface area contributed by atoms with Crippen molar-refractivity contribution >= 4 is 0 Å². The molecule has 8 unspecified atom stereocenters. The van der Waals surface area contributed by atoms with Crippen molar-refractivity contribution in [1.82, 2.24) is 0 Å². The summed E-state index contributed by atoms with van der Waals surface area (Å²) in [7, 11) is 0. The summed E-state index contributed by atoms with van der Waals surface area (Å²) in [4.78, 5) is 0. The van der Waals surface area contributed by atoms with Crippen molar-refractivity contribution in [3.63, 3.8) is 0 Å². The van der Waals surface area contributed by atoms with Gasteiger partial charge in [-0.25, -0.2) is 0 Å². The molecule has 0 aromatic rings. The third-order valence-electron chi connectivity index (χ3n) is 9.74. The fourth-order valence-electron chi connectivity index (χ4n) is 9.10. The van der Waals surface area contributed by atoms with Gasteiger partial charge in [0.25, 0.3) is 0 Å². The lowest BCUT2D eigenvalue weighted by Crippen LogP contribution is -2.31. The van der Waals surface area contributed by atoms with Gasteiger partial charge in [-0.2, -0.15) is 0 Å². The normalized spacial score (nSPS) is 42.7. The molecule has 4 rings (SSSR count). The molecule has 29 heavy (non-hydrogen) atoms. The van der Waals surface area contributed by atoms with Crippen LogP contribution in [0.3, 0.4) is 0 Å². The summed E-state index contributed by atoms with van der Waals surface area (Å²) in [5, 5.41) is 0. The van der Waals surface area contributed by atoms with Crippen LogP contribution in [0.4, 0.5) is 0 Å². The summed E-state index contributed by atoms with van der Waals surface area (Å²) >= 11 is 0. The Morgan fingerprint density at radius 1 is 0.966 bits per heavy atom.